The van der Waals surface area contributed by atoms with Crippen molar-refractivity contribution < 1.29 is 14.3 Å². The monoisotopic (exact) mass is 217 g/mol. The predicted octanol–water partition coefficient (Wildman–Crippen LogP) is 1.75. The smallest absolute Gasteiger partial charge is 0.146 e. The van der Waals surface area contributed by atoms with Crippen molar-refractivity contribution in [2.75, 3.05) is 14.2 Å². The summed E-state index contributed by atoms with van der Waals surface area (Å²) in [6, 6.07) is 3.43. The highest BCUT2D eigenvalue weighted by Crippen LogP contribution is 2.35. The van der Waals surface area contributed by atoms with E-state index in [1.54, 1.807) is 19.2 Å². The lowest BCUT2D eigenvalue weighted by molar-refractivity contribution is 0.120. The molecule has 4 nitrogen and oxygen atoms in total. The largest absolute Gasteiger partial charge is 0.496 e. The average Bonchev–Trinajstić information content (AvgIpc) is 2.19. The zero-order chi connectivity index (χ0) is 10.6. The third kappa shape index (κ3) is 2.09. The molecule has 0 bridgehead atoms. The normalized spacial score (nSPS) is 10.0. The van der Waals surface area contributed by atoms with Crippen LogP contribution in [0, 0.1) is 0 Å². The van der Waals surface area contributed by atoms with E-state index in [2.05, 4.69) is 4.84 Å². The molecule has 78 valence electrons. The Labute approximate surface area is 87.5 Å². The number of hydrogen-bond acceptors (Lipinski definition) is 4. The first-order valence-electron chi connectivity index (χ1n) is 3.95. The first-order valence-corrected chi connectivity index (χ1v) is 4.33. The van der Waals surface area contributed by atoms with Gasteiger partial charge in [-0.05, 0) is 12.1 Å². The summed E-state index contributed by atoms with van der Waals surface area (Å²) in [5, 5.41) is 0.500. The topological polar surface area (TPSA) is 53.7 Å². The molecule has 0 aliphatic heterocycles. The summed E-state index contributed by atoms with van der Waals surface area (Å²) in [7, 11) is 3.09. The first-order chi connectivity index (χ1) is 6.74. The Morgan fingerprint density at radius 2 is 2.00 bits per heavy atom. The summed E-state index contributed by atoms with van der Waals surface area (Å²) in [5.41, 5.74) is 0.699. The van der Waals surface area contributed by atoms with Crippen LogP contribution in [0.1, 0.15) is 5.56 Å². The van der Waals surface area contributed by atoms with Crippen LogP contribution in [0.15, 0.2) is 12.1 Å². The highest BCUT2D eigenvalue weighted by Gasteiger charge is 2.13. The molecule has 14 heavy (non-hydrogen) atoms. The van der Waals surface area contributed by atoms with Crippen molar-refractivity contribution in [2.24, 2.45) is 5.90 Å². The van der Waals surface area contributed by atoms with Crippen LogP contribution in [-0.4, -0.2) is 14.2 Å². The molecule has 0 heterocycles. The number of ether oxygens (including phenoxy) is 2. The lowest BCUT2D eigenvalue weighted by atomic mass is 10.2. The van der Waals surface area contributed by atoms with Gasteiger partial charge in [-0.15, -0.1) is 0 Å². The molecule has 0 fully saturated rings. The van der Waals surface area contributed by atoms with Crippen molar-refractivity contribution in [1.29, 1.82) is 0 Å². The van der Waals surface area contributed by atoms with E-state index < -0.39 is 0 Å². The maximum Gasteiger partial charge on any atom is 0.146 e. The van der Waals surface area contributed by atoms with E-state index in [0.717, 1.165) is 0 Å². The van der Waals surface area contributed by atoms with Gasteiger partial charge in [0.1, 0.15) is 18.1 Å². The van der Waals surface area contributed by atoms with E-state index in [1.807, 2.05) is 0 Å². The van der Waals surface area contributed by atoms with E-state index in [9.17, 15) is 0 Å². The number of methoxy groups -OCH3 is 2. The lowest BCUT2D eigenvalue weighted by Gasteiger charge is -2.13. The minimum Gasteiger partial charge on any atom is -0.496 e. The van der Waals surface area contributed by atoms with E-state index >= 15 is 0 Å². The second kappa shape index (κ2) is 5.05. The van der Waals surface area contributed by atoms with E-state index in [1.165, 1.54) is 7.11 Å². The van der Waals surface area contributed by atoms with Crippen molar-refractivity contribution in [3.63, 3.8) is 0 Å². The molecule has 2 N–H and O–H groups in total. The van der Waals surface area contributed by atoms with Crippen molar-refractivity contribution >= 4 is 11.6 Å². The van der Waals surface area contributed by atoms with Gasteiger partial charge < -0.3 is 9.47 Å². The molecule has 0 unspecified atom stereocenters. The third-order valence-corrected chi connectivity index (χ3v) is 2.12. The van der Waals surface area contributed by atoms with Crippen LogP contribution in [0.3, 0.4) is 0 Å². The van der Waals surface area contributed by atoms with Gasteiger partial charge in [0, 0.05) is 0 Å². The second-order valence-corrected chi connectivity index (χ2v) is 2.98. The first kappa shape index (κ1) is 11.1. The van der Waals surface area contributed by atoms with Gasteiger partial charge in [0.05, 0.1) is 24.8 Å². The van der Waals surface area contributed by atoms with Crippen LogP contribution < -0.4 is 15.4 Å². The minimum atomic E-state index is 0.187. The summed E-state index contributed by atoms with van der Waals surface area (Å²) in [4.78, 5) is 4.55. The summed E-state index contributed by atoms with van der Waals surface area (Å²) >= 11 is 5.92. The van der Waals surface area contributed by atoms with Gasteiger partial charge in [-0.25, -0.2) is 5.90 Å². The van der Waals surface area contributed by atoms with Gasteiger partial charge in [-0.1, -0.05) is 11.6 Å². The van der Waals surface area contributed by atoms with Crippen molar-refractivity contribution in [2.45, 2.75) is 6.61 Å². The zero-order valence-corrected chi connectivity index (χ0v) is 8.80. The molecule has 1 aromatic carbocycles. The maximum absolute atomic E-state index is 5.92. The quantitative estimate of drug-likeness (QED) is 0.781. The number of halogens is 1. The van der Waals surface area contributed by atoms with Gasteiger partial charge >= 0.3 is 0 Å². The predicted molar refractivity (Wildman–Crippen MR) is 53.5 cm³/mol. The maximum atomic E-state index is 5.92. The highest BCUT2D eigenvalue weighted by atomic mass is 35.5. The fourth-order valence-electron chi connectivity index (χ4n) is 1.21. The molecular weight excluding hydrogens is 206 g/mol. The molecule has 0 saturated heterocycles. The van der Waals surface area contributed by atoms with Crippen LogP contribution in [0.25, 0.3) is 0 Å². The Balaban J connectivity index is 3.21. The summed E-state index contributed by atoms with van der Waals surface area (Å²) < 4.78 is 10.2. The molecular formula is C9H12ClNO3. The molecule has 0 spiro atoms. The SMILES string of the molecule is COc1ccc(Cl)c(OC)c1CON. The Hall–Kier alpha value is -0.970. The highest BCUT2D eigenvalue weighted by molar-refractivity contribution is 6.32. The number of nitrogens with two attached hydrogens (primary N) is 1. The van der Waals surface area contributed by atoms with E-state index in [-0.39, 0.29) is 6.61 Å². The number of benzene rings is 1. The van der Waals surface area contributed by atoms with E-state index in [0.29, 0.717) is 22.1 Å². The summed E-state index contributed by atoms with van der Waals surface area (Å²) in [6.45, 7) is 0.187. The Morgan fingerprint density at radius 3 is 2.50 bits per heavy atom. The minimum absolute atomic E-state index is 0.187. The molecule has 0 atom stereocenters. The van der Waals surface area contributed by atoms with E-state index in [4.69, 9.17) is 27.0 Å². The molecule has 1 aromatic rings. The Morgan fingerprint density at radius 1 is 1.29 bits per heavy atom. The summed E-state index contributed by atoms with van der Waals surface area (Å²) in [6.07, 6.45) is 0. The molecule has 0 amide bonds. The van der Waals surface area contributed by atoms with Gasteiger partial charge in [0.15, 0.2) is 0 Å². The molecule has 0 saturated carbocycles. The van der Waals surface area contributed by atoms with Gasteiger partial charge in [0.2, 0.25) is 0 Å². The van der Waals surface area contributed by atoms with Gasteiger partial charge in [0.25, 0.3) is 0 Å². The van der Waals surface area contributed by atoms with Crippen LogP contribution >= 0.6 is 11.6 Å². The fourth-order valence-corrected chi connectivity index (χ4v) is 1.47. The molecule has 1 rings (SSSR count). The van der Waals surface area contributed by atoms with Gasteiger partial charge in [-0.3, -0.25) is 4.84 Å². The van der Waals surface area contributed by atoms with Crippen LogP contribution in [0.5, 0.6) is 11.5 Å². The molecule has 0 radical (unpaired) electrons. The van der Waals surface area contributed by atoms with Crippen LogP contribution in [0.2, 0.25) is 5.02 Å². The van der Waals surface area contributed by atoms with Crippen molar-refractivity contribution in [3.05, 3.63) is 22.7 Å². The van der Waals surface area contributed by atoms with Crippen molar-refractivity contribution in [1.82, 2.24) is 0 Å². The van der Waals surface area contributed by atoms with Gasteiger partial charge in [-0.2, -0.15) is 0 Å². The number of hydrogen-bond donors (Lipinski definition) is 1. The Kier molecular flexibility index (Phi) is 4.00. The lowest BCUT2D eigenvalue weighted by Crippen LogP contribution is -2.03. The van der Waals surface area contributed by atoms with Crippen molar-refractivity contribution in [3.8, 4) is 11.5 Å². The van der Waals surface area contributed by atoms with Crippen LogP contribution in [-0.2, 0) is 11.4 Å². The zero-order valence-electron chi connectivity index (χ0n) is 8.04. The standard InChI is InChI=1S/C9H12ClNO3/c1-12-8-4-3-7(10)9(13-2)6(8)5-14-11/h3-4H,5,11H2,1-2H3. The summed E-state index contributed by atoms with van der Waals surface area (Å²) in [5.74, 6) is 6.16. The molecule has 5 heteroatoms. The Bertz CT molecular complexity index is 317. The second-order valence-electron chi connectivity index (χ2n) is 2.57. The molecule has 0 aliphatic rings. The fraction of sp³-hybridized carbons (Fsp3) is 0.333. The number of rotatable bonds is 4. The average molecular weight is 218 g/mol. The third-order valence-electron chi connectivity index (χ3n) is 1.82. The van der Waals surface area contributed by atoms with Crippen LogP contribution in [0.4, 0.5) is 0 Å². The molecule has 0 aromatic heterocycles. The molecule has 0 aliphatic carbocycles.